The van der Waals surface area contributed by atoms with Crippen molar-refractivity contribution >= 4 is 5.91 Å². The van der Waals surface area contributed by atoms with Gasteiger partial charge in [0.15, 0.2) is 0 Å². The summed E-state index contributed by atoms with van der Waals surface area (Å²) in [5.74, 6) is 1.79. The molecule has 0 bridgehead atoms. The van der Waals surface area contributed by atoms with Crippen molar-refractivity contribution in [2.24, 2.45) is 11.8 Å². The molecule has 1 amide bonds. The maximum absolute atomic E-state index is 11.4. The number of nitrogens with zero attached hydrogens (tertiary/aromatic N) is 1. The van der Waals surface area contributed by atoms with Gasteiger partial charge in [0, 0.05) is 20.1 Å². The molecule has 1 aliphatic carbocycles. The number of hydrogen-bond acceptors (Lipinski definition) is 2. The van der Waals surface area contributed by atoms with E-state index in [1.54, 1.807) is 19.0 Å². The highest BCUT2D eigenvalue weighted by Crippen LogP contribution is 2.29. The van der Waals surface area contributed by atoms with E-state index in [0.717, 1.165) is 11.8 Å². The maximum Gasteiger partial charge on any atom is 0.236 e. The molecule has 1 saturated carbocycles. The van der Waals surface area contributed by atoms with Crippen molar-refractivity contribution in [3.63, 3.8) is 0 Å². The summed E-state index contributed by atoms with van der Waals surface area (Å²) in [5, 5.41) is 3.36. The number of nitrogens with one attached hydrogen (secondary N) is 1. The Hall–Kier alpha value is -0.570. The summed E-state index contributed by atoms with van der Waals surface area (Å²) in [6, 6.07) is 0.542. The third-order valence-corrected chi connectivity index (χ3v) is 3.64. The van der Waals surface area contributed by atoms with Crippen LogP contribution in [0.5, 0.6) is 0 Å². The Balaban J connectivity index is 2.25. The lowest BCUT2D eigenvalue weighted by Gasteiger charge is -2.32. The third-order valence-electron chi connectivity index (χ3n) is 3.64. The van der Waals surface area contributed by atoms with Gasteiger partial charge in [0.05, 0.1) is 6.54 Å². The Morgan fingerprint density at radius 1 is 1.27 bits per heavy atom. The molecule has 1 fully saturated rings. The molecule has 0 radical (unpaired) electrons. The van der Waals surface area contributed by atoms with E-state index in [2.05, 4.69) is 19.2 Å². The smallest absolute Gasteiger partial charge is 0.236 e. The molecule has 0 spiro atoms. The highest BCUT2D eigenvalue weighted by molar-refractivity contribution is 5.77. The number of carbonyl (C=O) groups is 1. The zero-order chi connectivity index (χ0) is 11.4. The van der Waals surface area contributed by atoms with Crippen LogP contribution >= 0.6 is 0 Å². The fourth-order valence-electron chi connectivity index (χ4n) is 2.12. The van der Waals surface area contributed by atoms with Crippen LogP contribution in [0.15, 0.2) is 0 Å². The van der Waals surface area contributed by atoms with E-state index in [9.17, 15) is 4.79 Å². The van der Waals surface area contributed by atoms with Crippen molar-refractivity contribution in [1.82, 2.24) is 10.2 Å². The van der Waals surface area contributed by atoms with Crippen LogP contribution in [0.3, 0.4) is 0 Å². The van der Waals surface area contributed by atoms with Crippen LogP contribution in [0, 0.1) is 11.8 Å². The molecule has 0 saturated heterocycles. The normalized spacial score (nSPS) is 31.3. The monoisotopic (exact) mass is 212 g/mol. The molecule has 3 atom stereocenters. The van der Waals surface area contributed by atoms with Crippen molar-refractivity contribution in [3.8, 4) is 0 Å². The van der Waals surface area contributed by atoms with Gasteiger partial charge in [-0.25, -0.2) is 0 Å². The van der Waals surface area contributed by atoms with Gasteiger partial charge in [0.2, 0.25) is 5.91 Å². The quantitative estimate of drug-likeness (QED) is 0.768. The van der Waals surface area contributed by atoms with Gasteiger partial charge in [0.1, 0.15) is 0 Å². The molecule has 0 aliphatic heterocycles. The maximum atomic E-state index is 11.4. The first kappa shape index (κ1) is 12.5. The Labute approximate surface area is 93.2 Å². The van der Waals surface area contributed by atoms with Crippen molar-refractivity contribution in [3.05, 3.63) is 0 Å². The summed E-state index contributed by atoms with van der Waals surface area (Å²) in [5.41, 5.74) is 0. The number of hydrogen-bond donors (Lipinski definition) is 1. The lowest BCUT2D eigenvalue weighted by atomic mass is 9.79. The second-order valence-electron chi connectivity index (χ2n) is 5.13. The molecule has 3 heteroatoms. The number of rotatable bonds is 3. The molecule has 0 aromatic heterocycles. The molecular weight excluding hydrogens is 188 g/mol. The standard InChI is InChI=1S/C12H24N2O/c1-9-5-6-11(7-10(9)2)13-8-12(15)14(3)4/h9-11,13H,5-8H2,1-4H3/t9-,10+,11-/m1/s1. The molecule has 15 heavy (non-hydrogen) atoms. The van der Waals surface area contributed by atoms with Crippen molar-refractivity contribution in [2.45, 2.75) is 39.2 Å². The highest BCUT2D eigenvalue weighted by atomic mass is 16.2. The highest BCUT2D eigenvalue weighted by Gasteiger charge is 2.24. The predicted octanol–water partition coefficient (Wildman–Crippen LogP) is 1.49. The average molecular weight is 212 g/mol. The van der Waals surface area contributed by atoms with E-state index in [1.807, 2.05) is 0 Å². The first-order chi connectivity index (χ1) is 7.00. The molecule has 3 nitrogen and oxygen atoms in total. The van der Waals surface area contributed by atoms with Gasteiger partial charge >= 0.3 is 0 Å². The van der Waals surface area contributed by atoms with E-state index in [1.165, 1.54) is 19.3 Å². The average Bonchev–Trinajstić information content (AvgIpc) is 2.19. The molecule has 0 unspecified atom stereocenters. The molecule has 1 N–H and O–H groups in total. The SMILES string of the molecule is C[C@@H]1CC[C@@H](NCC(=O)N(C)C)C[C@@H]1C. The van der Waals surface area contributed by atoms with Gasteiger partial charge in [-0.05, 0) is 31.1 Å². The van der Waals surface area contributed by atoms with Crippen LogP contribution in [0.25, 0.3) is 0 Å². The third kappa shape index (κ3) is 3.82. The van der Waals surface area contributed by atoms with Crippen molar-refractivity contribution < 1.29 is 4.79 Å². The Morgan fingerprint density at radius 2 is 1.93 bits per heavy atom. The zero-order valence-electron chi connectivity index (χ0n) is 10.4. The lowest BCUT2D eigenvalue weighted by molar-refractivity contribution is -0.127. The van der Waals surface area contributed by atoms with E-state index in [0.29, 0.717) is 12.6 Å². The molecule has 1 aliphatic rings. The minimum absolute atomic E-state index is 0.168. The topological polar surface area (TPSA) is 32.3 Å². The van der Waals surface area contributed by atoms with Crippen LogP contribution in [0.2, 0.25) is 0 Å². The van der Waals surface area contributed by atoms with Gasteiger partial charge < -0.3 is 10.2 Å². The lowest BCUT2D eigenvalue weighted by Crippen LogP contribution is -2.41. The van der Waals surface area contributed by atoms with Crippen LogP contribution in [0.4, 0.5) is 0 Å². The summed E-state index contributed by atoms with van der Waals surface area (Å²) >= 11 is 0. The van der Waals surface area contributed by atoms with Crippen molar-refractivity contribution in [2.75, 3.05) is 20.6 Å². The van der Waals surface area contributed by atoms with Gasteiger partial charge in [-0.2, -0.15) is 0 Å². The van der Waals surface area contributed by atoms with Gasteiger partial charge in [-0.3, -0.25) is 4.79 Å². The second-order valence-corrected chi connectivity index (χ2v) is 5.13. The van der Waals surface area contributed by atoms with Gasteiger partial charge in [-0.1, -0.05) is 13.8 Å². The number of carbonyl (C=O) groups excluding carboxylic acids is 1. The molecule has 1 rings (SSSR count). The van der Waals surface area contributed by atoms with Crippen LogP contribution in [-0.2, 0) is 4.79 Å². The van der Waals surface area contributed by atoms with Crippen LogP contribution < -0.4 is 5.32 Å². The molecule has 88 valence electrons. The Kier molecular flexibility index (Phi) is 4.58. The van der Waals surface area contributed by atoms with E-state index in [-0.39, 0.29) is 5.91 Å². The predicted molar refractivity (Wildman–Crippen MR) is 62.7 cm³/mol. The summed E-state index contributed by atoms with van der Waals surface area (Å²) < 4.78 is 0. The Morgan fingerprint density at radius 3 is 2.47 bits per heavy atom. The largest absolute Gasteiger partial charge is 0.348 e. The fraction of sp³-hybridized carbons (Fsp3) is 0.917. The van der Waals surface area contributed by atoms with Crippen molar-refractivity contribution in [1.29, 1.82) is 0 Å². The summed E-state index contributed by atoms with van der Waals surface area (Å²) in [6.45, 7) is 5.12. The van der Waals surface area contributed by atoms with Crippen LogP contribution in [0.1, 0.15) is 33.1 Å². The van der Waals surface area contributed by atoms with Crippen LogP contribution in [-0.4, -0.2) is 37.5 Å². The fourth-order valence-corrected chi connectivity index (χ4v) is 2.12. The first-order valence-corrected chi connectivity index (χ1v) is 5.94. The second kappa shape index (κ2) is 5.50. The number of amides is 1. The number of likely N-dealkylation sites (N-methyl/N-ethyl adjacent to an activating group) is 1. The van der Waals surface area contributed by atoms with E-state index < -0.39 is 0 Å². The summed E-state index contributed by atoms with van der Waals surface area (Å²) in [4.78, 5) is 13.0. The molecule has 0 aromatic carbocycles. The molecular formula is C12H24N2O. The van der Waals surface area contributed by atoms with E-state index >= 15 is 0 Å². The summed E-state index contributed by atoms with van der Waals surface area (Å²) in [7, 11) is 3.60. The minimum atomic E-state index is 0.168. The molecule has 0 heterocycles. The Bertz CT molecular complexity index is 216. The minimum Gasteiger partial charge on any atom is -0.348 e. The van der Waals surface area contributed by atoms with E-state index in [4.69, 9.17) is 0 Å². The summed E-state index contributed by atoms with van der Waals surface area (Å²) in [6.07, 6.45) is 3.71. The first-order valence-electron chi connectivity index (χ1n) is 5.94. The molecule has 0 aromatic rings. The van der Waals surface area contributed by atoms with Gasteiger partial charge in [0.25, 0.3) is 0 Å². The zero-order valence-corrected chi connectivity index (χ0v) is 10.4. The van der Waals surface area contributed by atoms with Gasteiger partial charge in [-0.15, -0.1) is 0 Å².